The Morgan fingerprint density at radius 2 is 1.61 bits per heavy atom. The van der Waals surface area contributed by atoms with Crippen molar-refractivity contribution in [2.24, 2.45) is 5.10 Å². The van der Waals surface area contributed by atoms with Gasteiger partial charge in [0.05, 0.1) is 6.21 Å². The Kier molecular flexibility index (Phi) is 5.73. The molecule has 0 bridgehead atoms. The number of aromatic nitrogens is 3. The molecule has 3 N–H and O–H groups in total. The van der Waals surface area contributed by atoms with Gasteiger partial charge in [0.15, 0.2) is 0 Å². The molecule has 0 spiro atoms. The SMILES string of the molecule is CCNc1nc(NCC)nc(N/N=C/c2ccc(F)cc2F)n1. The largest absolute Gasteiger partial charge is 0.354 e. The third kappa shape index (κ3) is 4.83. The first-order chi connectivity index (χ1) is 11.1. The number of benzene rings is 1. The Bertz CT molecular complexity index is 667. The summed E-state index contributed by atoms with van der Waals surface area (Å²) >= 11 is 0. The number of hydrogen-bond acceptors (Lipinski definition) is 7. The predicted molar refractivity (Wildman–Crippen MR) is 85.7 cm³/mol. The van der Waals surface area contributed by atoms with Gasteiger partial charge in [0.2, 0.25) is 17.8 Å². The maximum absolute atomic E-state index is 13.5. The molecule has 122 valence electrons. The quantitative estimate of drug-likeness (QED) is 0.536. The first-order valence-corrected chi connectivity index (χ1v) is 7.10. The standard InChI is InChI=1S/C14H17F2N7/c1-3-17-12-20-13(18-4-2)22-14(21-12)23-19-8-9-5-6-10(15)7-11(9)16/h5-8H,3-4H2,1-2H3,(H3,17,18,20,21,22,23)/b19-8+. The Balaban J connectivity index is 2.13. The summed E-state index contributed by atoms with van der Waals surface area (Å²) in [6.07, 6.45) is 1.22. The lowest BCUT2D eigenvalue weighted by Crippen LogP contribution is -2.10. The fourth-order valence-electron chi connectivity index (χ4n) is 1.67. The van der Waals surface area contributed by atoms with Gasteiger partial charge in [-0.1, -0.05) is 0 Å². The molecule has 0 radical (unpaired) electrons. The van der Waals surface area contributed by atoms with Gasteiger partial charge in [-0.25, -0.2) is 14.2 Å². The summed E-state index contributed by atoms with van der Waals surface area (Å²) in [5.41, 5.74) is 2.74. The molecule has 0 aliphatic rings. The zero-order valence-corrected chi connectivity index (χ0v) is 12.8. The van der Waals surface area contributed by atoms with E-state index in [2.05, 4.69) is 36.1 Å². The second kappa shape index (κ2) is 7.97. The van der Waals surface area contributed by atoms with Gasteiger partial charge in [-0.15, -0.1) is 0 Å². The van der Waals surface area contributed by atoms with Crippen molar-refractivity contribution < 1.29 is 8.78 Å². The maximum Gasteiger partial charge on any atom is 0.250 e. The molecule has 0 aliphatic heterocycles. The highest BCUT2D eigenvalue weighted by Crippen LogP contribution is 2.10. The number of rotatable bonds is 7. The first kappa shape index (κ1) is 16.5. The smallest absolute Gasteiger partial charge is 0.250 e. The molecular weight excluding hydrogens is 304 g/mol. The molecule has 0 saturated carbocycles. The van der Waals surface area contributed by atoms with Gasteiger partial charge in [-0.2, -0.15) is 20.1 Å². The van der Waals surface area contributed by atoms with E-state index in [1.165, 1.54) is 12.3 Å². The van der Waals surface area contributed by atoms with Crippen molar-refractivity contribution in [2.45, 2.75) is 13.8 Å². The number of hydrogen-bond donors (Lipinski definition) is 3. The van der Waals surface area contributed by atoms with Crippen LogP contribution < -0.4 is 16.1 Å². The Morgan fingerprint density at radius 1 is 1.00 bits per heavy atom. The molecule has 0 amide bonds. The average molecular weight is 321 g/mol. The minimum atomic E-state index is -0.701. The molecule has 2 aromatic rings. The number of hydrazone groups is 1. The molecule has 1 aromatic carbocycles. The van der Waals surface area contributed by atoms with Crippen LogP contribution in [0.15, 0.2) is 23.3 Å². The summed E-state index contributed by atoms with van der Waals surface area (Å²) < 4.78 is 26.3. The van der Waals surface area contributed by atoms with Gasteiger partial charge in [0.25, 0.3) is 0 Å². The maximum atomic E-state index is 13.5. The fraction of sp³-hybridized carbons (Fsp3) is 0.286. The van der Waals surface area contributed by atoms with E-state index in [1.54, 1.807) is 0 Å². The summed E-state index contributed by atoms with van der Waals surface area (Å²) in [6, 6.07) is 3.23. The zero-order valence-electron chi connectivity index (χ0n) is 12.8. The average Bonchev–Trinajstić information content (AvgIpc) is 2.50. The van der Waals surface area contributed by atoms with Crippen molar-refractivity contribution in [2.75, 3.05) is 29.1 Å². The van der Waals surface area contributed by atoms with Crippen molar-refractivity contribution in [1.29, 1.82) is 0 Å². The molecule has 0 saturated heterocycles. The van der Waals surface area contributed by atoms with E-state index < -0.39 is 11.6 Å². The Hall–Kier alpha value is -2.84. The number of anilines is 3. The number of nitrogens with zero attached hydrogens (tertiary/aromatic N) is 4. The van der Waals surface area contributed by atoms with Crippen LogP contribution in [0, 0.1) is 11.6 Å². The molecular formula is C14H17F2N7. The second-order valence-electron chi connectivity index (χ2n) is 4.40. The van der Waals surface area contributed by atoms with Crippen molar-refractivity contribution in [3.63, 3.8) is 0 Å². The second-order valence-corrected chi connectivity index (χ2v) is 4.40. The Labute approximate surface area is 132 Å². The van der Waals surface area contributed by atoms with Gasteiger partial charge in [-0.05, 0) is 26.0 Å². The lowest BCUT2D eigenvalue weighted by molar-refractivity contribution is 0.582. The predicted octanol–water partition coefficient (Wildman–Crippen LogP) is 2.46. The molecule has 1 heterocycles. The summed E-state index contributed by atoms with van der Waals surface area (Å²) in [5, 5.41) is 9.81. The highest BCUT2D eigenvalue weighted by Gasteiger charge is 2.05. The minimum Gasteiger partial charge on any atom is -0.354 e. The van der Waals surface area contributed by atoms with Crippen LogP contribution in [-0.2, 0) is 0 Å². The number of halogens is 2. The third-order valence-electron chi connectivity index (χ3n) is 2.64. The van der Waals surface area contributed by atoms with Crippen LogP contribution in [-0.4, -0.2) is 34.3 Å². The number of nitrogens with one attached hydrogen (secondary N) is 3. The minimum absolute atomic E-state index is 0.145. The van der Waals surface area contributed by atoms with Gasteiger partial charge in [0.1, 0.15) is 11.6 Å². The van der Waals surface area contributed by atoms with Crippen LogP contribution >= 0.6 is 0 Å². The normalized spacial score (nSPS) is 10.8. The molecule has 0 atom stereocenters. The van der Waals surface area contributed by atoms with E-state index >= 15 is 0 Å². The van der Waals surface area contributed by atoms with Gasteiger partial charge < -0.3 is 10.6 Å². The van der Waals surface area contributed by atoms with E-state index in [0.717, 1.165) is 12.1 Å². The summed E-state index contributed by atoms with van der Waals surface area (Å²) in [5.74, 6) is -0.359. The molecule has 2 rings (SSSR count). The lowest BCUT2D eigenvalue weighted by atomic mass is 10.2. The van der Waals surface area contributed by atoms with E-state index in [9.17, 15) is 8.78 Å². The molecule has 0 unspecified atom stereocenters. The molecule has 7 nitrogen and oxygen atoms in total. The highest BCUT2D eigenvalue weighted by molar-refractivity contribution is 5.80. The lowest BCUT2D eigenvalue weighted by Gasteiger charge is -2.07. The first-order valence-electron chi connectivity index (χ1n) is 7.10. The summed E-state index contributed by atoms with van der Waals surface area (Å²) in [6.45, 7) is 5.14. The van der Waals surface area contributed by atoms with E-state index in [1.807, 2.05) is 13.8 Å². The van der Waals surface area contributed by atoms with Crippen LogP contribution in [0.3, 0.4) is 0 Å². The molecule has 9 heteroatoms. The van der Waals surface area contributed by atoms with Gasteiger partial charge in [-0.3, -0.25) is 0 Å². The zero-order chi connectivity index (χ0) is 16.7. The van der Waals surface area contributed by atoms with Crippen LogP contribution in [0.4, 0.5) is 26.6 Å². The topological polar surface area (TPSA) is 87.1 Å². The molecule has 0 aliphatic carbocycles. The monoisotopic (exact) mass is 321 g/mol. The van der Waals surface area contributed by atoms with E-state index in [4.69, 9.17) is 0 Å². The van der Waals surface area contributed by atoms with E-state index in [-0.39, 0.29) is 11.5 Å². The van der Waals surface area contributed by atoms with Crippen molar-refractivity contribution >= 4 is 24.1 Å². The summed E-state index contributed by atoms with van der Waals surface area (Å²) in [4.78, 5) is 12.4. The van der Waals surface area contributed by atoms with Crippen molar-refractivity contribution in [1.82, 2.24) is 15.0 Å². The third-order valence-corrected chi connectivity index (χ3v) is 2.64. The van der Waals surface area contributed by atoms with Gasteiger partial charge in [0, 0.05) is 24.7 Å². The van der Waals surface area contributed by atoms with Crippen LogP contribution in [0.1, 0.15) is 19.4 Å². The van der Waals surface area contributed by atoms with Crippen LogP contribution in [0.5, 0.6) is 0 Å². The van der Waals surface area contributed by atoms with E-state index in [0.29, 0.717) is 25.0 Å². The Morgan fingerprint density at radius 3 is 2.17 bits per heavy atom. The molecule has 0 fully saturated rings. The fourth-order valence-corrected chi connectivity index (χ4v) is 1.67. The van der Waals surface area contributed by atoms with Gasteiger partial charge >= 0.3 is 0 Å². The van der Waals surface area contributed by atoms with Crippen molar-refractivity contribution in [3.05, 3.63) is 35.4 Å². The summed E-state index contributed by atoms with van der Waals surface area (Å²) in [7, 11) is 0. The van der Waals surface area contributed by atoms with Crippen LogP contribution in [0.2, 0.25) is 0 Å². The highest BCUT2D eigenvalue weighted by atomic mass is 19.1. The molecule has 23 heavy (non-hydrogen) atoms. The van der Waals surface area contributed by atoms with Crippen LogP contribution in [0.25, 0.3) is 0 Å². The van der Waals surface area contributed by atoms with Crippen molar-refractivity contribution in [3.8, 4) is 0 Å². The molecule has 1 aromatic heterocycles.